The molecule has 3 heterocycles. The van der Waals surface area contributed by atoms with E-state index in [4.69, 9.17) is 4.74 Å². The number of benzene rings is 1. The molecular formula is C21H22N4O2. The van der Waals surface area contributed by atoms with Crippen LogP contribution in [0.5, 0.6) is 0 Å². The summed E-state index contributed by atoms with van der Waals surface area (Å²) >= 11 is 0. The summed E-state index contributed by atoms with van der Waals surface area (Å²) in [6.07, 6.45) is 3.70. The Labute approximate surface area is 158 Å². The minimum Gasteiger partial charge on any atom is -0.372 e. The fourth-order valence-electron chi connectivity index (χ4n) is 3.52. The minimum atomic E-state index is -0.246. The number of amides is 1. The third-order valence-corrected chi connectivity index (χ3v) is 4.64. The number of nitrogens with one attached hydrogen (secondary N) is 1. The molecule has 0 spiro atoms. The zero-order chi connectivity index (χ0) is 18.8. The molecule has 1 saturated heterocycles. The second kappa shape index (κ2) is 7.32. The molecule has 1 aromatic carbocycles. The van der Waals surface area contributed by atoms with Crippen LogP contribution in [0.25, 0.3) is 10.9 Å². The van der Waals surface area contributed by atoms with E-state index in [2.05, 4.69) is 34.0 Å². The number of carbonyl (C=O) groups is 1. The van der Waals surface area contributed by atoms with Crippen molar-refractivity contribution >= 4 is 28.2 Å². The van der Waals surface area contributed by atoms with Gasteiger partial charge in [0.1, 0.15) is 5.69 Å². The van der Waals surface area contributed by atoms with E-state index in [-0.39, 0.29) is 18.1 Å². The molecule has 1 amide bonds. The lowest BCUT2D eigenvalue weighted by atomic mass is 10.1. The largest absolute Gasteiger partial charge is 0.372 e. The van der Waals surface area contributed by atoms with Crippen LogP contribution in [-0.4, -0.2) is 41.2 Å². The first-order valence-electron chi connectivity index (χ1n) is 9.12. The van der Waals surface area contributed by atoms with Crippen LogP contribution < -0.4 is 10.2 Å². The normalized spacial score (nSPS) is 19.9. The fraction of sp³-hybridized carbons (Fsp3) is 0.286. The van der Waals surface area contributed by atoms with E-state index >= 15 is 0 Å². The van der Waals surface area contributed by atoms with Gasteiger partial charge in [-0.3, -0.25) is 14.8 Å². The topological polar surface area (TPSA) is 67.4 Å². The van der Waals surface area contributed by atoms with Gasteiger partial charge in [0.2, 0.25) is 0 Å². The molecule has 1 aliphatic rings. The Morgan fingerprint density at radius 1 is 1.07 bits per heavy atom. The summed E-state index contributed by atoms with van der Waals surface area (Å²) in [5.74, 6) is -0.246. The van der Waals surface area contributed by atoms with Gasteiger partial charge in [0, 0.05) is 36.6 Å². The van der Waals surface area contributed by atoms with Crippen LogP contribution in [-0.2, 0) is 4.74 Å². The van der Waals surface area contributed by atoms with Crippen molar-refractivity contribution in [3.05, 3.63) is 60.6 Å². The molecule has 0 saturated carbocycles. The lowest BCUT2D eigenvalue weighted by Crippen LogP contribution is -2.45. The predicted molar refractivity (Wildman–Crippen MR) is 106 cm³/mol. The first-order chi connectivity index (χ1) is 13.1. The number of aromatic nitrogens is 2. The minimum absolute atomic E-state index is 0.154. The highest BCUT2D eigenvalue weighted by molar-refractivity contribution is 6.07. The van der Waals surface area contributed by atoms with E-state index in [1.807, 2.05) is 42.5 Å². The van der Waals surface area contributed by atoms with Crippen LogP contribution in [0.4, 0.5) is 11.4 Å². The molecule has 3 aromatic rings. The number of pyridine rings is 2. The smallest absolute Gasteiger partial charge is 0.274 e. The van der Waals surface area contributed by atoms with Crippen molar-refractivity contribution in [3.63, 3.8) is 0 Å². The fourth-order valence-corrected chi connectivity index (χ4v) is 3.52. The molecule has 138 valence electrons. The first-order valence-corrected chi connectivity index (χ1v) is 9.12. The highest BCUT2D eigenvalue weighted by atomic mass is 16.5. The summed E-state index contributed by atoms with van der Waals surface area (Å²) < 4.78 is 5.79. The maximum atomic E-state index is 12.8. The zero-order valence-corrected chi connectivity index (χ0v) is 15.4. The average Bonchev–Trinajstić information content (AvgIpc) is 2.67. The first kappa shape index (κ1) is 17.4. The van der Waals surface area contributed by atoms with Gasteiger partial charge in [-0.1, -0.05) is 18.2 Å². The Morgan fingerprint density at radius 2 is 1.85 bits per heavy atom. The van der Waals surface area contributed by atoms with Gasteiger partial charge in [0.15, 0.2) is 0 Å². The van der Waals surface area contributed by atoms with Gasteiger partial charge in [-0.2, -0.15) is 0 Å². The number of nitrogens with zero attached hydrogens (tertiary/aromatic N) is 3. The number of rotatable bonds is 3. The monoisotopic (exact) mass is 362 g/mol. The van der Waals surface area contributed by atoms with Crippen LogP contribution in [0.15, 0.2) is 54.9 Å². The SMILES string of the molecule is C[C@@H]1CN(c2ccnc(C(=O)Nc3cccc4cccnc34)c2)C[C@H](C)O1. The van der Waals surface area contributed by atoms with Gasteiger partial charge in [0.25, 0.3) is 5.91 Å². The van der Waals surface area contributed by atoms with Crippen molar-refractivity contribution in [3.8, 4) is 0 Å². The lowest BCUT2D eigenvalue weighted by molar-refractivity contribution is -0.00522. The van der Waals surface area contributed by atoms with Crippen LogP contribution in [0.1, 0.15) is 24.3 Å². The highest BCUT2D eigenvalue weighted by Gasteiger charge is 2.23. The van der Waals surface area contributed by atoms with Crippen molar-refractivity contribution in [1.82, 2.24) is 9.97 Å². The maximum absolute atomic E-state index is 12.8. The van der Waals surface area contributed by atoms with Crippen molar-refractivity contribution in [2.75, 3.05) is 23.3 Å². The molecule has 2 atom stereocenters. The molecule has 0 bridgehead atoms. The van der Waals surface area contributed by atoms with E-state index in [9.17, 15) is 4.79 Å². The standard InChI is InChI=1S/C21H22N4O2/c1-14-12-25(13-15(2)27-14)17-8-10-22-19(11-17)21(26)24-18-7-3-5-16-6-4-9-23-20(16)18/h3-11,14-15H,12-13H2,1-2H3,(H,24,26)/t14-,15+. The molecule has 1 aliphatic heterocycles. The van der Waals surface area contributed by atoms with E-state index in [0.717, 1.165) is 29.7 Å². The Hall–Kier alpha value is -2.99. The van der Waals surface area contributed by atoms with E-state index in [1.165, 1.54) is 0 Å². The number of morpholine rings is 1. The maximum Gasteiger partial charge on any atom is 0.274 e. The zero-order valence-electron chi connectivity index (χ0n) is 15.4. The Balaban J connectivity index is 1.57. The quantitative estimate of drug-likeness (QED) is 0.772. The number of hydrogen-bond acceptors (Lipinski definition) is 5. The number of fused-ring (bicyclic) bond motifs is 1. The third kappa shape index (κ3) is 3.75. The summed E-state index contributed by atoms with van der Waals surface area (Å²) in [6.45, 7) is 5.71. The molecule has 27 heavy (non-hydrogen) atoms. The Kier molecular flexibility index (Phi) is 4.73. The van der Waals surface area contributed by atoms with Gasteiger partial charge in [0.05, 0.1) is 23.4 Å². The van der Waals surface area contributed by atoms with Crippen molar-refractivity contribution < 1.29 is 9.53 Å². The molecule has 6 nitrogen and oxygen atoms in total. The summed E-state index contributed by atoms with van der Waals surface area (Å²) in [6, 6.07) is 13.3. The van der Waals surface area contributed by atoms with Gasteiger partial charge in [-0.15, -0.1) is 0 Å². The van der Waals surface area contributed by atoms with Crippen LogP contribution >= 0.6 is 0 Å². The number of para-hydroxylation sites is 1. The number of anilines is 2. The summed E-state index contributed by atoms with van der Waals surface area (Å²) in [5.41, 5.74) is 2.81. The van der Waals surface area contributed by atoms with Crippen molar-refractivity contribution in [1.29, 1.82) is 0 Å². The highest BCUT2D eigenvalue weighted by Crippen LogP contribution is 2.23. The summed E-state index contributed by atoms with van der Waals surface area (Å²) in [7, 11) is 0. The summed E-state index contributed by atoms with van der Waals surface area (Å²) in [4.78, 5) is 23.6. The molecule has 2 aromatic heterocycles. The van der Waals surface area contributed by atoms with Gasteiger partial charge >= 0.3 is 0 Å². The molecule has 0 unspecified atom stereocenters. The van der Waals surface area contributed by atoms with Crippen LogP contribution in [0.2, 0.25) is 0 Å². The molecule has 1 N–H and O–H groups in total. The van der Waals surface area contributed by atoms with E-state index in [1.54, 1.807) is 12.4 Å². The van der Waals surface area contributed by atoms with Crippen molar-refractivity contribution in [2.45, 2.75) is 26.1 Å². The van der Waals surface area contributed by atoms with Crippen molar-refractivity contribution in [2.24, 2.45) is 0 Å². The predicted octanol–water partition coefficient (Wildman–Crippen LogP) is 3.50. The Bertz CT molecular complexity index is 960. The number of ether oxygens (including phenoxy) is 1. The van der Waals surface area contributed by atoms with Gasteiger partial charge < -0.3 is 15.0 Å². The molecular weight excluding hydrogens is 340 g/mol. The van der Waals surface area contributed by atoms with Gasteiger partial charge in [-0.25, -0.2) is 0 Å². The molecule has 0 radical (unpaired) electrons. The molecule has 6 heteroatoms. The molecule has 0 aliphatic carbocycles. The third-order valence-electron chi connectivity index (χ3n) is 4.64. The average molecular weight is 362 g/mol. The second-order valence-corrected chi connectivity index (χ2v) is 6.90. The van der Waals surface area contributed by atoms with E-state index in [0.29, 0.717) is 11.4 Å². The van der Waals surface area contributed by atoms with Crippen LogP contribution in [0.3, 0.4) is 0 Å². The molecule has 1 fully saturated rings. The summed E-state index contributed by atoms with van der Waals surface area (Å²) in [5, 5.41) is 3.92. The Morgan fingerprint density at radius 3 is 2.67 bits per heavy atom. The van der Waals surface area contributed by atoms with E-state index < -0.39 is 0 Å². The number of hydrogen-bond donors (Lipinski definition) is 1. The lowest BCUT2D eigenvalue weighted by Gasteiger charge is -2.36. The second-order valence-electron chi connectivity index (χ2n) is 6.90. The number of carbonyl (C=O) groups excluding carboxylic acids is 1. The molecule has 4 rings (SSSR count). The van der Waals surface area contributed by atoms with Crippen LogP contribution in [0, 0.1) is 0 Å². The van der Waals surface area contributed by atoms with Gasteiger partial charge in [-0.05, 0) is 38.1 Å².